The molecule has 7 heteroatoms. The van der Waals surface area contributed by atoms with Crippen molar-refractivity contribution in [2.24, 2.45) is 0 Å². The van der Waals surface area contributed by atoms with Crippen molar-refractivity contribution >= 4 is 29.2 Å². The summed E-state index contributed by atoms with van der Waals surface area (Å²) < 4.78 is 31.5. The SMILES string of the molecule is Cc1ccc(F)cc1NC(=O)COC(=O)Cc1c(F)cccc1Cl. The Labute approximate surface area is 142 Å². The predicted octanol–water partition coefficient (Wildman–Crippen LogP) is 3.65. The van der Waals surface area contributed by atoms with Crippen LogP contribution < -0.4 is 5.32 Å². The largest absolute Gasteiger partial charge is 0.455 e. The highest BCUT2D eigenvalue weighted by atomic mass is 35.5. The third-order valence-corrected chi connectivity index (χ3v) is 3.57. The van der Waals surface area contributed by atoms with E-state index in [1.807, 2.05) is 0 Å². The molecule has 0 atom stereocenters. The van der Waals surface area contributed by atoms with E-state index >= 15 is 0 Å². The standard InChI is InChI=1S/C17H14ClF2NO3/c1-10-5-6-11(19)7-15(10)21-16(22)9-24-17(23)8-12-13(18)3-2-4-14(12)20/h2-7H,8-9H2,1H3,(H,21,22). The number of nitrogens with one attached hydrogen (secondary N) is 1. The Balaban J connectivity index is 1.89. The van der Waals surface area contributed by atoms with Crippen LogP contribution in [0.4, 0.5) is 14.5 Å². The van der Waals surface area contributed by atoms with Crippen LogP contribution >= 0.6 is 11.6 Å². The third kappa shape index (κ3) is 4.76. The number of aryl methyl sites for hydroxylation is 1. The van der Waals surface area contributed by atoms with Crippen molar-refractivity contribution in [3.05, 3.63) is 64.2 Å². The molecule has 0 saturated carbocycles. The van der Waals surface area contributed by atoms with Gasteiger partial charge in [-0.3, -0.25) is 9.59 Å². The van der Waals surface area contributed by atoms with Crippen molar-refractivity contribution in [2.75, 3.05) is 11.9 Å². The zero-order valence-electron chi connectivity index (χ0n) is 12.7. The van der Waals surface area contributed by atoms with Crippen molar-refractivity contribution in [3.8, 4) is 0 Å². The van der Waals surface area contributed by atoms with Crippen LogP contribution in [0.2, 0.25) is 5.02 Å². The molecule has 0 aliphatic carbocycles. The Kier molecular flexibility index (Phi) is 5.87. The molecule has 0 radical (unpaired) electrons. The van der Waals surface area contributed by atoms with Crippen molar-refractivity contribution in [2.45, 2.75) is 13.3 Å². The summed E-state index contributed by atoms with van der Waals surface area (Å²) in [5.74, 6) is -2.55. The monoisotopic (exact) mass is 353 g/mol. The van der Waals surface area contributed by atoms with Crippen LogP contribution in [0, 0.1) is 18.6 Å². The fourth-order valence-corrected chi connectivity index (χ4v) is 2.19. The molecule has 0 fully saturated rings. The second-order valence-corrected chi connectivity index (χ2v) is 5.45. The maximum atomic E-state index is 13.6. The van der Waals surface area contributed by atoms with E-state index in [1.54, 1.807) is 6.92 Å². The Morgan fingerprint density at radius 1 is 1.21 bits per heavy atom. The van der Waals surface area contributed by atoms with E-state index in [1.165, 1.54) is 30.3 Å². The summed E-state index contributed by atoms with van der Waals surface area (Å²) in [5.41, 5.74) is 0.952. The minimum Gasteiger partial charge on any atom is -0.455 e. The fourth-order valence-electron chi connectivity index (χ4n) is 1.96. The normalized spacial score (nSPS) is 10.3. The fraction of sp³-hybridized carbons (Fsp3) is 0.176. The highest BCUT2D eigenvalue weighted by molar-refractivity contribution is 6.31. The first-order chi connectivity index (χ1) is 11.4. The summed E-state index contributed by atoms with van der Waals surface area (Å²) in [6, 6.07) is 7.98. The Morgan fingerprint density at radius 2 is 1.96 bits per heavy atom. The van der Waals surface area contributed by atoms with E-state index < -0.39 is 36.5 Å². The molecular formula is C17H14ClF2NO3. The molecule has 0 heterocycles. The molecule has 2 rings (SSSR count). The zero-order valence-corrected chi connectivity index (χ0v) is 13.5. The molecule has 2 aromatic rings. The van der Waals surface area contributed by atoms with Crippen molar-refractivity contribution in [3.63, 3.8) is 0 Å². The van der Waals surface area contributed by atoms with Gasteiger partial charge in [0.15, 0.2) is 6.61 Å². The van der Waals surface area contributed by atoms with Gasteiger partial charge < -0.3 is 10.1 Å². The molecule has 0 unspecified atom stereocenters. The minimum atomic E-state index is -0.798. The second kappa shape index (κ2) is 7.88. The summed E-state index contributed by atoms with van der Waals surface area (Å²) >= 11 is 5.81. The van der Waals surface area contributed by atoms with Crippen LogP contribution in [-0.4, -0.2) is 18.5 Å². The topological polar surface area (TPSA) is 55.4 Å². The van der Waals surface area contributed by atoms with Crippen molar-refractivity contribution in [1.82, 2.24) is 0 Å². The minimum absolute atomic E-state index is 0.00514. The van der Waals surface area contributed by atoms with E-state index in [0.29, 0.717) is 5.56 Å². The van der Waals surface area contributed by atoms with Gasteiger partial charge in [-0.05, 0) is 36.8 Å². The highest BCUT2D eigenvalue weighted by Crippen LogP contribution is 2.20. The van der Waals surface area contributed by atoms with Crippen LogP contribution in [0.15, 0.2) is 36.4 Å². The summed E-state index contributed by atoms with van der Waals surface area (Å²) in [7, 11) is 0. The first-order valence-corrected chi connectivity index (χ1v) is 7.39. The maximum absolute atomic E-state index is 13.6. The predicted molar refractivity (Wildman–Crippen MR) is 85.8 cm³/mol. The first-order valence-electron chi connectivity index (χ1n) is 7.01. The molecule has 0 bridgehead atoms. The number of ether oxygens (including phenoxy) is 1. The average molecular weight is 354 g/mol. The molecule has 0 spiro atoms. The molecule has 0 aliphatic heterocycles. The lowest BCUT2D eigenvalue weighted by atomic mass is 10.1. The van der Waals surface area contributed by atoms with Crippen molar-refractivity contribution < 1.29 is 23.1 Å². The lowest BCUT2D eigenvalue weighted by Gasteiger charge is -2.09. The number of hydrogen-bond acceptors (Lipinski definition) is 3. The van der Waals surface area contributed by atoms with Gasteiger partial charge in [-0.25, -0.2) is 8.78 Å². The molecule has 0 aromatic heterocycles. The van der Waals surface area contributed by atoms with E-state index in [-0.39, 0.29) is 16.3 Å². The molecule has 2 aromatic carbocycles. The summed E-state index contributed by atoms with van der Waals surface area (Å²) in [5, 5.41) is 2.54. The number of carbonyl (C=O) groups excluding carboxylic acids is 2. The number of anilines is 1. The van der Waals surface area contributed by atoms with Crippen LogP contribution in [-0.2, 0) is 20.7 Å². The van der Waals surface area contributed by atoms with E-state index in [9.17, 15) is 18.4 Å². The van der Waals surface area contributed by atoms with Gasteiger partial charge in [0.05, 0.1) is 6.42 Å². The smallest absolute Gasteiger partial charge is 0.310 e. The number of rotatable bonds is 5. The van der Waals surface area contributed by atoms with Crippen LogP contribution in [0.5, 0.6) is 0 Å². The van der Waals surface area contributed by atoms with Crippen LogP contribution in [0.25, 0.3) is 0 Å². The molecule has 0 aliphatic rings. The summed E-state index contributed by atoms with van der Waals surface area (Å²) in [6.45, 7) is 1.13. The van der Waals surface area contributed by atoms with Gasteiger partial charge in [-0.1, -0.05) is 23.7 Å². The van der Waals surface area contributed by atoms with Gasteiger partial charge >= 0.3 is 5.97 Å². The molecular weight excluding hydrogens is 340 g/mol. The van der Waals surface area contributed by atoms with E-state index in [0.717, 1.165) is 6.07 Å². The summed E-state index contributed by atoms with van der Waals surface area (Å²) in [6.07, 6.45) is -0.391. The Morgan fingerprint density at radius 3 is 2.67 bits per heavy atom. The third-order valence-electron chi connectivity index (χ3n) is 3.22. The zero-order chi connectivity index (χ0) is 17.7. The summed E-state index contributed by atoms with van der Waals surface area (Å²) in [4.78, 5) is 23.5. The van der Waals surface area contributed by atoms with Gasteiger partial charge in [0.2, 0.25) is 0 Å². The van der Waals surface area contributed by atoms with E-state index in [2.05, 4.69) is 5.32 Å². The van der Waals surface area contributed by atoms with Crippen molar-refractivity contribution in [1.29, 1.82) is 0 Å². The van der Waals surface area contributed by atoms with Gasteiger partial charge in [0.25, 0.3) is 5.91 Å². The molecule has 1 amide bonds. The highest BCUT2D eigenvalue weighted by Gasteiger charge is 2.14. The quantitative estimate of drug-likeness (QED) is 0.835. The van der Waals surface area contributed by atoms with Gasteiger partial charge in [-0.2, -0.15) is 0 Å². The number of halogens is 3. The molecule has 126 valence electrons. The number of carbonyl (C=O) groups is 2. The number of esters is 1. The first kappa shape index (κ1) is 17.9. The van der Waals surface area contributed by atoms with Crippen LogP contribution in [0.1, 0.15) is 11.1 Å². The maximum Gasteiger partial charge on any atom is 0.310 e. The van der Waals surface area contributed by atoms with Gasteiger partial charge in [0.1, 0.15) is 11.6 Å². The van der Waals surface area contributed by atoms with E-state index in [4.69, 9.17) is 16.3 Å². The number of amides is 1. The van der Waals surface area contributed by atoms with Gasteiger partial charge in [0, 0.05) is 16.3 Å². The molecule has 0 saturated heterocycles. The van der Waals surface area contributed by atoms with Gasteiger partial charge in [-0.15, -0.1) is 0 Å². The Hall–Kier alpha value is -2.47. The average Bonchev–Trinajstić information content (AvgIpc) is 2.53. The lowest BCUT2D eigenvalue weighted by Crippen LogP contribution is -2.22. The molecule has 4 nitrogen and oxygen atoms in total. The second-order valence-electron chi connectivity index (χ2n) is 5.05. The number of hydrogen-bond donors (Lipinski definition) is 1. The van der Waals surface area contributed by atoms with Crippen LogP contribution in [0.3, 0.4) is 0 Å². The Bertz CT molecular complexity index is 760. The lowest BCUT2D eigenvalue weighted by molar-refractivity contribution is -0.146. The molecule has 1 N–H and O–H groups in total. The molecule has 24 heavy (non-hydrogen) atoms. The number of benzene rings is 2.